The average Bonchev–Trinajstić information content (AvgIpc) is 2.82. The van der Waals surface area contributed by atoms with Crippen molar-refractivity contribution in [2.75, 3.05) is 25.1 Å². The summed E-state index contributed by atoms with van der Waals surface area (Å²) in [5.41, 5.74) is 0. The van der Waals surface area contributed by atoms with Crippen LogP contribution in [0, 0.1) is 6.92 Å². The van der Waals surface area contributed by atoms with Gasteiger partial charge in [0.2, 0.25) is 5.91 Å². The van der Waals surface area contributed by atoms with Crippen LogP contribution in [0.1, 0.15) is 35.1 Å². The number of likely N-dealkylation sites (tertiary alicyclic amines) is 1. The lowest BCUT2D eigenvalue weighted by Crippen LogP contribution is -2.39. The molecule has 2 heterocycles. The maximum atomic E-state index is 12.1. The molecule has 0 spiro atoms. The summed E-state index contributed by atoms with van der Waals surface area (Å²) in [7, 11) is -3.08. The van der Waals surface area contributed by atoms with Crippen LogP contribution in [-0.2, 0) is 14.6 Å². The van der Waals surface area contributed by atoms with Gasteiger partial charge in [0.15, 0.2) is 0 Å². The van der Waals surface area contributed by atoms with Gasteiger partial charge < -0.3 is 4.90 Å². The van der Waals surface area contributed by atoms with Crippen molar-refractivity contribution >= 4 is 27.1 Å². The molecule has 7 heteroatoms. The molecular weight excluding hydrogens is 296 g/mol. The van der Waals surface area contributed by atoms with Crippen molar-refractivity contribution < 1.29 is 13.2 Å². The van der Waals surface area contributed by atoms with Crippen molar-refractivity contribution in [3.05, 3.63) is 16.1 Å². The number of carbonyl (C=O) groups is 1. The van der Waals surface area contributed by atoms with Crippen molar-refractivity contribution in [3.63, 3.8) is 0 Å². The monoisotopic (exact) mass is 316 g/mol. The molecule has 0 aliphatic carbocycles. The molecule has 112 valence electrons. The minimum Gasteiger partial charge on any atom is -0.342 e. The van der Waals surface area contributed by atoms with Crippen LogP contribution in [0.5, 0.6) is 0 Å². The Kier molecular flexibility index (Phi) is 4.80. The minimum absolute atomic E-state index is 0.0617. The van der Waals surface area contributed by atoms with E-state index in [1.165, 1.54) is 4.88 Å². The Morgan fingerprint density at radius 3 is 2.90 bits per heavy atom. The number of carbonyl (C=O) groups excluding carboxylic acids is 1. The molecule has 0 N–H and O–H groups in total. The topological polar surface area (TPSA) is 67.3 Å². The molecule has 0 unspecified atom stereocenters. The minimum atomic E-state index is -3.08. The third-order valence-electron chi connectivity index (χ3n) is 3.45. The van der Waals surface area contributed by atoms with Gasteiger partial charge in [0.05, 0.1) is 10.8 Å². The van der Waals surface area contributed by atoms with Crippen LogP contribution in [0.25, 0.3) is 0 Å². The molecule has 0 aromatic carbocycles. The summed E-state index contributed by atoms with van der Waals surface area (Å²) in [6, 6.07) is 0. The highest BCUT2D eigenvalue weighted by Crippen LogP contribution is 2.29. The standard InChI is InChI=1S/C13H20N2O3S2/c1-10-8-14-13(19-10)11-4-3-6-15(9-11)12(16)5-7-20(2,17)18/h8,11H,3-7,9H2,1-2H3/t11-/m0/s1. The van der Waals surface area contributed by atoms with E-state index in [1.54, 1.807) is 16.2 Å². The number of sulfone groups is 1. The maximum absolute atomic E-state index is 12.1. The summed E-state index contributed by atoms with van der Waals surface area (Å²) in [6.07, 6.45) is 5.11. The van der Waals surface area contributed by atoms with Crippen molar-refractivity contribution in [2.24, 2.45) is 0 Å². The zero-order valence-corrected chi connectivity index (χ0v) is 13.5. The molecule has 5 nitrogen and oxygen atoms in total. The van der Waals surface area contributed by atoms with E-state index in [0.717, 1.165) is 30.6 Å². The largest absolute Gasteiger partial charge is 0.342 e. The highest BCUT2D eigenvalue weighted by atomic mass is 32.2. The number of nitrogens with zero attached hydrogens (tertiary/aromatic N) is 2. The number of amides is 1. The van der Waals surface area contributed by atoms with E-state index in [4.69, 9.17) is 0 Å². The van der Waals surface area contributed by atoms with Crippen molar-refractivity contribution in [1.29, 1.82) is 0 Å². The predicted octanol–water partition coefficient (Wildman–Crippen LogP) is 1.59. The Balaban J connectivity index is 1.94. The van der Waals surface area contributed by atoms with E-state index in [2.05, 4.69) is 4.98 Å². The predicted molar refractivity (Wildman–Crippen MR) is 79.7 cm³/mol. The smallest absolute Gasteiger partial charge is 0.223 e. The second kappa shape index (κ2) is 6.22. The molecule has 1 fully saturated rings. The van der Waals surface area contributed by atoms with Gasteiger partial charge in [-0.1, -0.05) is 0 Å². The quantitative estimate of drug-likeness (QED) is 0.846. The number of hydrogen-bond acceptors (Lipinski definition) is 5. The SMILES string of the molecule is Cc1cnc([C@H]2CCCN(C(=O)CCS(C)(=O)=O)C2)s1. The Bertz CT molecular complexity index is 580. The van der Waals surface area contributed by atoms with Crippen molar-refractivity contribution in [1.82, 2.24) is 9.88 Å². The van der Waals surface area contributed by atoms with Gasteiger partial charge in [0.1, 0.15) is 9.84 Å². The lowest BCUT2D eigenvalue weighted by atomic mass is 9.98. The zero-order chi connectivity index (χ0) is 14.8. The van der Waals surface area contributed by atoms with Crippen LogP contribution in [-0.4, -0.2) is 49.3 Å². The van der Waals surface area contributed by atoms with Gasteiger partial charge in [-0.05, 0) is 19.8 Å². The van der Waals surface area contributed by atoms with Gasteiger partial charge >= 0.3 is 0 Å². The fourth-order valence-corrected chi connectivity index (χ4v) is 3.84. The third kappa shape index (κ3) is 4.28. The van der Waals surface area contributed by atoms with Crippen LogP contribution < -0.4 is 0 Å². The molecule has 1 saturated heterocycles. The molecule has 1 aromatic heterocycles. The number of aryl methyl sites for hydroxylation is 1. The molecule has 1 atom stereocenters. The van der Waals surface area contributed by atoms with E-state index in [1.807, 2.05) is 13.1 Å². The lowest BCUT2D eigenvalue weighted by molar-refractivity contribution is -0.131. The summed E-state index contributed by atoms with van der Waals surface area (Å²) in [6.45, 7) is 3.41. The van der Waals surface area contributed by atoms with Crippen molar-refractivity contribution in [3.8, 4) is 0 Å². The Labute approximate surface area is 123 Å². The van der Waals surface area contributed by atoms with E-state index in [9.17, 15) is 13.2 Å². The fourth-order valence-electron chi connectivity index (χ4n) is 2.40. The molecule has 1 aliphatic heterocycles. The Hall–Kier alpha value is -0.950. The lowest BCUT2D eigenvalue weighted by Gasteiger charge is -2.31. The first-order chi connectivity index (χ1) is 9.35. The first-order valence-electron chi connectivity index (χ1n) is 6.73. The summed E-state index contributed by atoms with van der Waals surface area (Å²) < 4.78 is 22.3. The number of piperidine rings is 1. The zero-order valence-electron chi connectivity index (χ0n) is 11.8. The molecule has 0 radical (unpaired) electrons. The van der Waals surface area contributed by atoms with E-state index >= 15 is 0 Å². The van der Waals surface area contributed by atoms with E-state index < -0.39 is 9.84 Å². The van der Waals surface area contributed by atoms with Crippen molar-refractivity contribution in [2.45, 2.75) is 32.1 Å². The summed E-state index contributed by atoms with van der Waals surface area (Å²) in [5.74, 6) is 0.168. The average molecular weight is 316 g/mol. The highest BCUT2D eigenvalue weighted by Gasteiger charge is 2.26. The van der Waals surface area contributed by atoms with Gasteiger partial charge in [-0.15, -0.1) is 11.3 Å². The molecule has 1 aromatic rings. The van der Waals surface area contributed by atoms with Gasteiger partial charge in [-0.2, -0.15) is 0 Å². The Morgan fingerprint density at radius 2 is 2.30 bits per heavy atom. The molecular formula is C13H20N2O3S2. The van der Waals surface area contributed by atoms with Gasteiger partial charge in [0, 0.05) is 42.8 Å². The first kappa shape index (κ1) is 15.4. The first-order valence-corrected chi connectivity index (χ1v) is 9.60. The number of thiazole rings is 1. The normalized spacial score (nSPS) is 20.1. The summed E-state index contributed by atoms with van der Waals surface area (Å²) in [5, 5.41) is 1.09. The van der Waals surface area contributed by atoms with Crippen LogP contribution in [0.15, 0.2) is 6.20 Å². The number of aromatic nitrogens is 1. The molecule has 0 saturated carbocycles. The van der Waals surface area contributed by atoms with Crippen LogP contribution in [0.2, 0.25) is 0 Å². The second-order valence-electron chi connectivity index (χ2n) is 5.37. The van der Waals surface area contributed by atoms with Gasteiger partial charge in [-0.3, -0.25) is 4.79 Å². The summed E-state index contributed by atoms with van der Waals surface area (Å²) in [4.78, 5) is 19.4. The molecule has 0 bridgehead atoms. The second-order valence-corrected chi connectivity index (χ2v) is 8.89. The molecule has 1 aliphatic rings. The molecule has 1 amide bonds. The Morgan fingerprint density at radius 1 is 1.55 bits per heavy atom. The van der Waals surface area contributed by atoms with Crippen LogP contribution in [0.3, 0.4) is 0 Å². The number of hydrogen-bond donors (Lipinski definition) is 0. The summed E-state index contributed by atoms with van der Waals surface area (Å²) >= 11 is 1.68. The van der Waals surface area contributed by atoms with Gasteiger partial charge in [0.25, 0.3) is 0 Å². The number of rotatable bonds is 4. The maximum Gasteiger partial charge on any atom is 0.223 e. The van der Waals surface area contributed by atoms with Crippen LogP contribution >= 0.6 is 11.3 Å². The van der Waals surface area contributed by atoms with E-state index in [0.29, 0.717) is 12.5 Å². The fraction of sp³-hybridized carbons (Fsp3) is 0.692. The van der Waals surface area contributed by atoms with Gasteiger partial charge in [-0.25, -0.2) is 13.4 Å². The van der Waals surface area contributed by atoms with E-state index in [-0.39, 0.29) is 18.1 Å². The highest BCUT2D eigenvalue weighted by molar-refractivity contribution is 7.90. The third-order valence-corrected chi connectivity index (χ3v) is 5.47. The molecule has 20 heavy (non-hydrogen) atoms. The van der Waals surface area contributed by atoms with Crippen LogP contribution in [0.4, 0.5) is 0 Å². The molecule has 2 rings (SSSR count).